The molecule has 1 aromatic carbocycles. The fourth-order valence-electron chi connectivity index (χ4n) is 1.91. The van der Waals surface area contributed by atoms with E-state index < -0.39 is 0 Å². The van der Waals surface area contributed by atoms with E-state index in [1.54, 1.807) is 25.4 Å². The molecule has 2 aromatic rings. The fraction of sp³-hybridized carbons (Fsp3) is 0.200. The number of nitrogens with one attached hydrogen (secondary N) is 2. The van der Waals surface area contributed by atoms with Crippen LogP contribution >= 0.6 is 0 Å². The van der Waals surface area contributed by atoms with E-state index in [-0.39, 0.29) is 5.91 Å². The summed E-state index contributed by atoms with van der Waals surface area (Å²) in [6.07, 6.45) is 1.62. The Hall–Kier alpha value is -2.36. The molecule has 19 heavy (non-hydrogen) atoms. The third-order valence-electron chi connectivity index (χ3n) is 3.00. The summed E-state index contributed by atoms with van der Waals surface area (Å²) in [5.41, 5.74) is 3.56. The van der Waals surface area contributed by atoms with Gasteiger partial charge < -0.3 is 10.6 Å². The van der Waals surface area contributed by atoms with Crippen LogP contribution in [0.4, 0.5) is 11.5 Å². The van der Waals surface area contributed by atoms with E-state index in [1.165, 1.54) is 0 Å². The van der Waals surface area contributed by atoms with Crippen LogP contribution < -0.4 is 10.6 Å². The largest absolute Gasteiger partial charge is 0.373 e. The maximum atomic E-state index is 12.2. The maximum absolute atomic E-state index is 12.2. The molecular weight excluding hydrogens is 238 g/mol. The number of aryl methyl sites for hydroxylation is 2. The number of nitrogens with zero attached hydrogens (tertiary/aromatic N) is 1. The van der Waals surface area contributed by atoms with E-state index in [2.05, 4.69) is 15.6 Å². The van der Waals surface area contributed by atoms with E-state index in [1.807, 2.05) is 32.0 Å². The molecule has 0 aliphatic carbocycles. The molecule has 98 valence electrons. The number of benzene rings is 1. The van der Waals surface area contributed by atoms with Crippen LogP contribution in [-0.4, -0.2) is 17.9 Å². The van der Waals surface area contributed by atoms with Gasteiger partial charge in [0.05, 0.1) is 0 Å². The first-order valence-corrected chi connectivity index (χ1v) is 6.13. The third-order valence-corrected chi connectivity index (χ3v) is 3.00. The summed E-state index contributed by atoms with van der Waals surface area (Å²) in [6.45, 7) is 3.96. The number of amides is 1. The van der Waals surface area contributed by atoms with Crippen LogP contribution in [0.3, 0.4) is 0 Å². The van der Waals surface area contributed by atoms with Gasteiger partial charge >= 0.3 is 0 Å². The van der Waals surface area contributed by atoms with Crippen molar-refractivity contribution in [2.45, 2.75) is 13.8 Å². The molecule has 1 amide bonds. The normalized spacial score (nSPS) is 10.1. The highest BCUT2D eigenvalue weighted by molar-refractivity contribution is 6.05. The highest BCUT2D eigenvalue weighted by Gasteiger charge is 2.10. The molecule has 0 atom stereocenters. The van der Waals surface area contributed by atoms with Gasteiger partial charge in [0.15, 0.2) is 0 Å². The van der Waals surface area contributed by atoms with Crippen molar-refractivity contribution in [1.82, 2.24) is 4.98 Å². The Morgan fingerprint density at radius 3 is 2.47 bits per heavy atom. The lowest BCUT2D eigenvalue weighted by molar-refractivity contribution is 0.102. The van der Waals surface area contributed by atoms with Crippen molar-refractivity contribution in [2.75, 3.05) is 17.7 Å². The van der Waals surface area contributed by atoms with Gasteiger partial charge in [-0.15, -0.1) is 0 Å². The first-order valence-electron chi connectivity index (χ1n) is 6.13. The second kappa shape index (κ2) is 5.52. The maximum Gasteiger partial charge on any atom is 0.255 e. The monoisotopic (exact) mass is 255 g/mol. The second-order valence-corrected chi connectivity index (χ2v) is 4.40. The summed E-state index contributed by atoms with van der Waals surface area (Å²) in [7, 11) is 1.77. The smallest absolute Gasteiger partial charge is 0.255 e. The number of hydrogen-bond acceptors (Lipinski definition) is 3. The minimum absolute atomic E-state index is 0.128. The fourth-order valence-corrected chi connectivity index (χ4v) is 1.91. The van der Waals surface area contributed by atoms with Crippen molar-refractivity contribution in [1.29, 1.82) is 0 Å². The molecule has 0 spiro atoms. The Balaban J connectivity index is 2.25. The lowest BCUT2D eigenvalue weighted by Crippen LogP contribution is -2.14. The van der Waals surface area contributed by atoms with Crippen LogP contribution in [0.5, 0.6) is 0 Å². The van der Waals surface area contributed by atoms with Gasteiger partial charge in [-0.25, -0.2) is 4.98 Å². The number of rotatable bonds is 3. The van der Waals surface area contributed by atoms with Crippen molar-refractivity contribution in [3.05, 3.63) is 53.2 Å². The summed E-state index contributed by atoms with van der Waals surface area (Å²) < 4.78 is 0. The molecule has 0 saturated carbocycles. The summed E-state index contributed by atoms with van der Waals surface area (Å²) >= 11 is 0. The van der Waals surface area contributed by atoms with Gasteiger partial charge in [0, 0.05) is 24.5 Å². The molecule has 4 nitrogen and oxygen atoms in total. The Morgan fingerprint density at radius 1 is 1.16 bits per heavy atom. The van der Waals surface area contributed by atoms with Crippen LogP contribution in [-0.2, 0) is 0 Å². The minimum atomic E-state index is -0.128. The van der Waals surface area contributed by atoms with Crippen LogP contribution in [0.15, 0.2) is 36.5 Å². The number of pyridine rings is 1. The summed E-state index contributed by atoms with van der Waals surface area (Å²) in [5.74, 6) is 0.547. The zero-order valence-electron chi connectivity index (χ0n) is 11.3. The van der Waals surface area contributed by atoms with Crippen molar-refractivity contribution < 1.29 is 4.79 Å². The van der Waals surface area contributed by atoms with Crippen LogP contribution in [0.2, 0.25) is 0 Å². The molecule has 4 heteroatoms. The third kappa shape index (κ3) is 2.91. The molecule has 1 aromatic heterocycles. The summed E-state index contributed by atoms with van der Waals surface area (Å²) in [4.78, 5) is 16.3. The molecule has 0 aliphatic rings. The molecule has 0 aliphatic heterocycles. The van der Waals surface area contributed by atoms with Gasteiger partial charge in [-0.3, -0.25) is 4.79 Å². The minimum Gasteiger partial charge on any atom is -0.373 e. The predicted octanol–water partition coefficient (Wildman–Crippen LogP) is 2.99. The Kier molecular flexibility index (Phi) is 3.80. The Bertz CT molecular complexity index is 588. The number of anilines is 2. The highest BCUT2D eigenvalue weighted by Crippen LogP contribution is 2.20. The van der Waals surface area contributed by atoms with Gasteiger partial charge in [-0.2, -0.15) is 0 Å². The number of para-hydroxylation sites is 1. The summed E-state index contributed by atoms with van der Waals surface area (Å²) in [6, 6.07) is 9.36. The first kappa shape index (κ1) is 13.1. The van der Waals surface area contributed by atoms with Gasteiger partial charge in [-0.05, 0) is 37.1 Å². The SMILES string of the molecule is CNc1cc(C(=O)Nc2c(C)cccc2C)ccn1. The molecule has 1 heterocycles. The molecule has 0 radical (unpaired) electrons. The van der Waals surface area contributed by atoms with Crippen LogP contribution in [0.25, 0.3) is 0 Å². The highest BCUT2D eigenvalue weighted by atomic mass is 16.1. The molecule has 0 bridgehead atoms. The predicted molar refractivity (Wildman–Crippen MR) is 77.7 cm³/mol. The molecule has 0 fully saturated rings. The van der Waals surface area contributed by atoms with Gasteiger partial charge in [0.2, 0.25) is 0 Å². The lowest BCUT2D eigenvalue weighted by atomic mass is 10.1. The molecular formula is C15H17N3O. The van der Waals surface area contributed by atoms with E-state index in [4.69, 9.17) is 0 Å². The van der Waals surface area contributed by atoms with E-state index >= 15 is 0 Å². The molecule has 2 rings (SSSR count). The standard InChI is InChI=1S/C15H17N3O/c1-10-5-4-6-11(2)14(10)18-15(19)12-7-8-17-13(9-12)16-3/h4-9H,1-3H3,(H,16,17)(H,18,19). The average molecular weight is 255 g/mol. The number of carbonyl (C=O) groups is 1. The Labute approximate surface area is 112 Å². The number of carbonyl (C=O) groups excluding carboxylic acids is 1. The van der Waals surface area contributed by atoms with E-state index in [0.29, 0.717) is 11.4 Å². The van der Waals surface area contributed by atoms with Gasteiger partial charge in [0.25, 0.3) is 5.91 Å². The number of hydrogen-bond donors (Lipinski definition) is 2. The topological polar surface area (TPSA) is 54.0 Å². The van der Waals surface area contributed by atoms with Gasteiger partial charge in [0.1, 0.15) is 5.82 Å². The Morgan fingerprint density at radius 2 is 1.84 bits per heavy atom. The van der Waals surface area contributed by atoms with Crippen molar-refractivity contribution >= 4 is 17.4 Å². The second-order valence-electron chi connectivity index (χ2n) is 4.40. The zero-order valence-corrected chi connectivity index (χ0v) is 11.3. The molecule has 0 saturated heterocycles. The van der Waals surface area contributed by atoms with Gasteiger partial charge in [-0.1, -0.05) is 18.2 Å². The molecule has 0 unspecified atom stereocenters. The lowest BCUT2D eigenvalue weighted by Gasteiger charge is -2.11. The first-order chi connectivity index (χ1) is 9.11. The number of aromatic nitrogens is 1. The van der Waals surface area contributed by atoms with E-state index in [0.717, 1.165) is 16.8 Å². The average Bonchev–Trinajstić information content (AvgIpc) is 2.43. The van der Waals surface area contributed by atoms with Crippen molar-refractivity contribution in [3.8, 4) is 0 Å². The summed E-state index contributed by atoms with van der Waals surface area (Å²) in [5, 5.41) is 5.87. The van der Waals surface area contributed by atoms with E-state index in [9.17, 15) is 4.79 Å². The molecule has 2 N–H and O–H groups in total. The van der Waals surface area contributed by atoms with Crippen LogP contribution in [0, 0.1) is 13.8 Å². The zero-order chi connectivity index (χ0) is 13.8. The van der Waals surface area contributed by atoms with Crippen LogP contribution in [0.1, 0.15) is 21.5 Å². The quantitative estimate of drug-likeness (QED) is 0.886. The van der Waals surface area contributed by atoms with Crippen molar-refractivity contribution in [2.24, 2.45) is 0 Å². The van der Waals surface area contributed by atoms with Crippen molar-refractivity contribution in [3.63, 3.8) is 0 Å².